The van der Waals surface area contributed by atoms with Crippen LogP contribution in [0.25, 0.3) is 0 Å². The molecule has 0 spiro atoms. The Bertz CT molecular complexity index is 1030. The lowest BCUT2D eigenvalue weighted by Gasteiger charge is -2.22. The van der Waals surface area contributed by atoms with Gasteiger partial charge in [-0.25, -0.2) is 0 Å². The molecule has 1 N–H and O–H groups in total. The lowest BCUT2D eigenvalue weighted by Crippen LogP contribution is -2.31. The highest BCUT2D eigenvalue weighted by molar-refractivity contribution is 7.08. The second kappa shape index (κ2) is 8.36. The Labute approximate surface area is 172 Å². The Kier molecular flexibility index (Phi) is 5.48. The van der Waals surface area contributed by atoms with Gasteiger partial charge < -0.3 is 19.7 Å². The van der Waals surface area contributed by atoms with Crippen molar-refractivity contribution in [2.75, 3.05) is 18.7 Å². The van der Waals surface area contributed by atoms with Gasteiger partial charge in [0.1, 0.15) is 0 Å². The van der Waals surface area contributed by atoms with Gasteiger partial charge in [-0.3, -0.25) is 9.59 Å². The molecule has 3 aromatic rings. The van der Waals surface area contributed by atoms with Crippen molar-refractivity contribution in [1.29, 1.82) is 0 Å². The minimum absolute atomic E-state index is 0.147. The second-order valence-corrected chi connectivity index (χ2v) is 7.30. The average Bonchev–Trinajstić information content (AvgIpc) is 3.43. The van der Waals surface area contributed by atoms with E-state index < -0.39 is 0 Å². The normalized spacial score (nSPS) is 11.9. The largest absolute Gasteiger partial charge is 0.454 e. The standard InChI is InChI=1S/C22H20N2O4S/c1-2-24(12-15-7-8-19-20(11-15)28-14-27-19)22(26)17-5-3-4-6-18(17)23-21(25)16-9-10-29-13-16/h3-11,13H,2,12,14H2,1H3,(H,23,25). The summed E-state index contributed by atoms with van der Waals surface area (Å²) in [6, 6.07) is 14.5. The predicted molar refractivity (Wildman–Crippen MR) is 112 cm³/mol. The van der Waals surface area contributed by atoms with Crippen LogP contribution in [0, 0.1) is 0 Å². The van der Waals surface area contributed by atoms with Gasteiger partial charge in [0.25, 0.3) is 11.8 Å². The number of para-hydroxylation sites is 1. The van der Waals surface area contributed by atoms with Gasteiger partial charge in [-0.15, -0.1) is 0 Å². The van der Waals surface area contributed by atoms with Crippen molar-refractivity contribution in [2.24, 2.45) is 0 Å². The molecule has 0 saturated carbocycles. The fourth-order valence-corrected chi connectivity index (χ4v) is 3.76. The zero-order chi connectivity index (χ0) is 20.2. The quantitative estimate of drug-likeness (QED) is 0.657. The first-order valence-corrected chi connectivity index (χ1v) is 10.2. The molecule has 29 heavy (non-hydrogen) atoms. The molecule has 0 fully saturated rings. The fourth-order valence-electron chi connectivity index (χ4n) is 3.12. The number of hydrogen-bond donors (Lipinski definition) is 1. The van der Waals surface area contributed by atoms with Crippen molar-refractivity contribution >= 4 is 28.8 Å². The SMILES string of the molecule is CCN(Cc1ccc2c(c1)OCO2)C(=O)c1ccccc1NC(=O)c1ccsc1. The van der Waals surface area contributed by atoms with Crippen LogP contribution in [-0.4, -0.2) is 30.1 Å². The smallest absolute Gasteiger partial charge is 0.256 e. The van der Waals surface area contributed by atoms with Gasteiger partial charge in [0, 0.05) is 18.5 Å². The number of amides is 2. The Morgan fingerprint density at radius 1 is 1.10 bits per heavy atom. The van der Waals surface area contributed by atoms with E-state index in [9.17, 15) is 9.59 Å². The topological polar surface area (TPSA) is 67.9 Å². The van der Waals surface area contributed by atoms with E-state index in [1.807, 2.05) is 30.5 Å². The van der Waals surface area contributed by atoms with Gasteiger partial charge >= 0.3 is 0 Å². The molecule has 148 valence electrons. The summed E-state index contributed by atoms with van der Waals surface area (Å²) in [6.45, 7) is 3.10. The molecule has 0 saturated heterocycles. The maximum Gasteiger partial charge on any atom is 0.256 e. The lowest BCUT2D eigenvalue weighted by molar-refractivity contribution is 0.0753. The molecule has 0 bridgehead atoms. The molecule has 0 atom stereocenters. The number of thiophene rings is 1. The second-order valence-electron chi connectivity index (χ2n) is 6.52. The highest BCUT2D eigenvalue weighted by Gasteiger charge is 2.21. The molecule has 2 amide bonds. The van der Waals surface area contributed by atoms with E-state index in [-0.39, 0.29) is 18.6 Å². The molecule has 2 aromatic carbocycles. The number of fused-ring (bicyclic) bond motifs is 1. The van der Waals surface area contributed by atoms with E-state index in [2.05, 4.69) is 5.32 Å². The highest BCUT2D eigenvalue weighted by atomic mass is 32.1. The van der Waals surface area contributed by atoms with E-state index in [4.69, 9.17) is 9.47 Å². The van der Waals surface area contributed by atoms with Crippen LogP contribution in [0.3, 0.4) is 0 Å². The van der Waals surface area contributed by atoms with Gasteiger partial charge in [0.05, 0.1) is 16.8 Å². The molecule has 4 rings (SSSR count). The van der Waals surface area contributed by atoms with Crippen molar-refractivity contribution in [2.45, 2.75) is 13.5 Å². The molecule has 7 heteroatoms. The van der Waals surface area contributed by atoms with Crippen LogP contribution in [0.2, 0.25) is 0 Å². The van der Waals surface area contributed by atoms with Crippen LogP contribution >= 0.6 is 11.3 Å². The molecule has 0 aliphatic carbocycles. The molecule has 1 aliphatic heterocycles. The molecule has 2 heterocycles. The summed E-state index contributed by atoms with van der Waals surface area (Å²) < 4.78 is 10.8. The van der Waals surface area contributed by atoms with Gasteiger partial charge in [0.2, 0.25) is 6.79 Å². The van der Waals surface area contributed by atoms with Crippen LogP contribution in [0.4, 0.5) is 5.69 Å². The Morgan fingerprint density at radius 3 is 2.72 bits per heavy atom. The van der Waals surface area contributed by atoms with Crippen LogP contribution < -0.4 is 14.8 Å². The van der Waals surface area contributed by atoms with Crippen LogP contribution in [0.5, 0.6) is 11.5 Å². The van der Waals surface area contributed by atoms with Gasteiger partial charge in [0.15, 0.2) is 11.5 Å². The van der Waals surface area contributed by atoms with Crippen LogP contribution in [-0.2, 0) is 6.54 Å². The zero-order valence-electron chi connectivity index (χ0n) is 15.9. The summed E-state index contributed by atoms with van der Waals surface area (Å²) in [5, 5.41) is 6.47. The Morgan fingerprint density at radius 2 is 1.93 bits per heavy atom. The Hall–Kier alpha value is -3.32. The third-order valence-corrected chi connectivity index (χ3v) is 5.35. The number of carbonyl (C=O) groups excluding carboxylic acids is 2. The molecule has 1 aliphatic rings. The van der Waals surface area contributed by atoms with Crippen molar-refractivity contribution in [3.8, 4) is 11.5 Å². The van der Waals surface area contributed by atoms with Crippen molar-refractivity contribution in [3.05, 3.63) is 76.0 Å². The van der Waals surface area contributed by atoms with Crippen LogP contribution in [0.1, 0.15) is 33.2 Å². The van der Waals surface area contributed by atoms with E-state index in [0.717, 1.165) is 5.56 Å². The van der Waals surface area contributed by atoms with E-state index >= 15 is 0 Å². The number of anilines is 1. The molecule has 0 unspecified atom stereocenters. The summed E-state index contributed by atoms with van der Waals surface area (Å²) in [6.07, 6.45) is 0. The number of carbonyl (C=O) groups is 2. The summed E-state index contributed by atoms with van der Waals surface area (Å²) >= 11 is 1.45. The third kappa shape index (κ3) is 4.09. The number of ether oxygens (including phenoxy) is 2. The summed E-state index contributed by atoms with van der Waals surface area (Å²) in [5.41, 5.74) is 2.48. The Balaban J connectivity index is 1.54. The summed E-state index contributed by atoms with van der Waals surface area (Å²) in [7, 11) is 0. The minimum atomic E-state index is -0.231. The number of nitrogens with one attached hydrogen (secondary N) is 1. The van der Waals surface area contributed by atoms with Crippen molar-refractivity contribution in [3.63, 3.8) is 0 Å². The maximum atomic E-state index is 13.2. The summed E-state index contributed by atoms with van der Waals surface area (Å²) in [4.78, 5) is 27.4. The summed E-state index contributed by atoms with van der Waals surface area (Å²) in [5.74, 6) is 1.02. The van der Waals surface area contributed by atoms with Gasteiger partial charge in [-0.05, 0) is 48.2 Å². The van der Waals surface area contributed by atoms with Crippen LogP contribution in [0.15, 0.2) is 59.3 Å². The first-order valence-electron chi connectivity index (χ1n) is 9.26. The van der Waals surface area contributed by atoms with Crippen molar-refractivity contribution < 1.29 is 19.1 Å². The first kappa shape index (κ1) is 19.0. The number of benzene rings is 2. The monoisotopic (exact) mass is 408 g/mol. The third-order valence-electron chi connectivity index (χ3n) is 4.67. The van der Waals surface area contributed by atoms with Crippen molar-refractivity contribution in [1.82, 2.24) is 4.90 Å². The number of rotatable bonds is 6. The average molecular weight is 408 g/mol. The van der Waals surface area contributed by atoms with Gasteiger partial charge in [-0.1, -0.05) is 18.2 Å². The van der Waals surface area contributed by atoms with E-state index in [1.165, 1.54) is 11.3 Å². The fraction of sp³-hybridized carbons (Fsp3) is 0.182. The molecule has 0 radical (unpaired) electrons. The van der Waals surface area contributed by atoms with Gasteiger partial charge in [-0.2, -0.15) is 11.3 Å². The zero-order valence-corrected chi connectivity index (χ0v) is 16.7. The number of nitrogens with zero attached hydrogens (tertiary/aromatic N) is 1. The molecular formula is C22H20N2O4S. The predicted octanol–water partition coefficient (Wildman–Crippen LogP) is 4.39. The lowest BCUT2D eigenvalue weighted by atomic mass is 10.1. The molecule has 6 nitrogen and oxygen atoms in total. The molecule has 1 aromatic heterocycles. The maximum absolute atomic E-state index is 13.2. The van der Waals surface area contributed by atoms with E-state index in [0.29, 0.717) is 41.4 Å². The number of hydrogen-bond acceptors (Lipinski definition) is 5. The minimum Gasteiger partial charge on any atom is -0.454 e. The van der Waals surface area contributed by atoms with E-state index in [1.54, 1.807) is 40.6 Å². The first-order chi connectivity index (χ1) is 14.2. The highest BCUT2D eigenvalue weighted by Crippen LogP contribution is 2.33. The molecular weight excluding hydrogens is 388 g/mol.